The van der Waals surface area contributed by atoms with Crippen molar-refractivity contribution in [3.63, 3.8) is 0 Å². The van der Waals surface area contributed by atoms with Crippen LogP contribution in [0.3, 0.4) is 0 Å². The van der Waals surface area contributed by atoms with E-state index < -0.39 is 5.97 Å². The maximum Gasteiger partial charge on any atom is 0.338 e. The lowest BCUT2D eigenvalue weighted by Gasteiger charge is -2.18. The molecule has 0 aliphatic rings. The molecule has 0 aliphatic heterocycles. The van der Waals surface area contributed by atoms with Gasteiger partial charge in [-0.2, -0.15) is 0 Å². The molecule has 6 heteroatoms. The van der Waals surface area contributed by atoms with Gasteiger partial charge in [-0.05, 0) is 36.2 Å². The van der Waals surface area contributed by atoms with E-state index >= 15 is 0 Å². The molecular formula is C21H24N2O4. The third-order valence-electron chi connectivity index (χ3n) is 3.89. The summed E-state index contributed by atoms with van der Waals surface area (Å²) in [4.78, 5) is 35.3. The van der Waals surface area contributed by atoms with Crippen molar-refractivity contribution in [2.24, 2.45) is 0 Å². The second kappa shape index (κ2) is 10.1. The number of amides is 2. The largest absolute Gasteiger partial charge is 0.452 e. The summed E-state index contributed by atoms with van der Waals surface area (Å²) in [6.45, 7) is 3.11. The second-order valence-corrected chi connectivity index (χ2v) is 6.15. The molecule has 0 saturated heterocycles. The number of benzene rings is 2. The minimum Gasteiger partial charge on any atom is -0.452 e. The van der Waals surface area contributed by atoms with Crippen LogP contribution in [0, 0.1) is 0 Å². The van der Waals surface area contributed by atoms with Crippen LogP contribution in [-0.4, -0.2) is 24.4 Å². The van der Waals surface area contributed by atoms with Crippen molar-refractivity contribution in [3.8, 4) is 0 Å². The average Bonchev–Trinajstić information content (AvgIpc) is 2.66. The first kappa shape index (κ1) is 20.2. The Kier molecular flexibility index (Phi) is 7.55. The van der Waals surface area contributed by atoms with E-state index in [1.54, 1.807) is 12.1 Å². The summed E-state index contributed by atoms with van der Waals surface area (Å²) in [6, 6.07) is 15.9. The smallest absolute Gasteiger partial charge is 0.338 e. The lowest BCUT2D eigenvalue weighted by molar-refractivity contribution is -0.125. The monoisotopic (exact) mass is 368 g/mol. The molecule has 2 N–H and O–H groups in total. The lowest BCUT2D eigenvalue weighted by atomic mass is 10.0. The van der Waals surface area contributed by atoms with Gasteiger partial charge in [-0.25, -0.2) is 4.79 Å². The van der Waals surface area contributed by atoms with Crippen molar-refractivity contribution in [2.45, 2.75) is 32.7 Å². The van der Waals surface area contributed by atoms with Gasteiger partial charge in [0.2, 0.25) is 5.91 Å². The third-order valence-corrected chi connectivity index (χ3v) is 3.89. The van der Waals surface area contributed by atoms with Crippen molar-refractivity contribution in [1.29, 1.82) is 0 Å². The molecule has 2 amide bonds. The Morgan fingerprint density at radius 3 is 2.26 bits per heavy atom. The van der Waals surface area contributed by atoms with Crippen LogP contribution in [-0.2, 0) is 14.3 Å². The van der Waals surface area contributed by atoms with Gasteiger partial charge in [0.05, 0.1) is 11.6 Å². The predicted molar refractivity (Wildman–Crippen MR) is 103 cm³/mol. The average molecular weight is 368 g/mol. The summed E-state index contributed by atoms with van der Waals surface area (Å²) in [6.07, 6.45) is 1.72. The zero-order valence-electron chi connectivity index (χ0n) is 15.5. The minimum atomic E-state index is -0.591. The van der Waals surface area contributed by atoms with Crippen LogP contribution in [0.5, 0.6) is 0 Å². The van der Waals surface area contributed by atoms with Crippen LogP contribution in [0.15, 0.2) is 54.6 Å². The molecule has 6 nitrogen and oxygen atoms in total. The van der Waals surface area contributed by atoms with Crippen LogP contribution in [0.2, 0.25) is 0 Å². The van der Waals surface area contributed by atoms with Crippen molar-refractivity contribution >= 4 is 23.5 Å². The Bertz CT molecular complexity index is 773. The van der Waals surface area contributed by atoms with Crippen molar-refractivity contribution in [1.82, 2.24) is 5.32 Å². The molecule has 2 aromatic rings. The number of nitrogens with one attached hydrogen (secondary N) is 2. The zero-order valence-corrected chi connectivity index (χ0v) is 15.5. The maximum atomic E-state index is 12.2. The van der Waals surface area contributed by atoms with E-state index in [1.807, 2.05) is 37.3 Å². The number of esters is 1. The predicted octanol–water partition coefficient (Wildman–Crippen LogP) is 3.46. The Morgan fingerprint density at radius 1 is 1.00 bits per heavy atom. The Hall–Kier alpha value is -3.15. The molecule has 0 spiro atoms. The number of rotatable bonds is 8. The van der Waals surface area contributed by atoms with Crippen LogP contribution >= 0.6 is 0 Å². The van der Waals surface area contributed by atoms with E-state index in [1.165, 1.54) is 19.1 Å². The van der Waals surface area contributed by atoms with Crippen LogP contribution in [0.4, 0.5) is 5.69 Å². The van der Waals surface area contributed by atoms with Gasteiger partial charge in [-0.3, -0.25) is 9.59 Å². The number of hydrogen-bond donors (Lipinski definition) is 2. The molecule has 0 heterocycles. The van der Waals surface area contributed by atoms with Crippen molar-refractivity contribution < 1.29 is 19.1 Å². The fourth-order valence-corrected chi connectivity index (χ4v) is 2.64. The maximum absolute atomic E-state index is 12.2. The molecule has 0 saturated carbocycles. The summed E-state index contributed by atoms with van der Waals surface area (Å²) in [5.41, 5.74) is 1.92. The van der Waals surface area contributed by atoms with Gasteiger partial charge in [-0.1, -0.05) is 43.7 Å². The normalized spacial score (nSPS) is 11.3. The molecule has 0 bridgehead atoms. The topological polar surface area (TPSA) is 84.5 Å². The molecule has 0 radical (unpaired) electrons. The molecule has 0 aliphatic carbocycles. The fraction of sp³-hybridized carbons (Fsp3) is 0.286. The second-order valence-electron chi connectivity index (χ2n) is 6.15. The summed E-state index contributed by atoms with van der Waals surface area (Å²) in [5, 5.41) is 5.52. The molecule has 0 fully saturated rings. The van der Waals surface area contributed by atoms with E-state index in [-0.39, 0.29) is 24.5 Å². The van der Waals surface area contributed by atoms with Crippen LogP contribution < -0.4 is 10.6 Å². The Labute approximate surface area is 158 Å². The number of carbonyl (C=O) groups is 3. The number of ether oxygens (including phenoxy) is 1. The summed E-state index contributed by atoms with van der Waals surface area (Å²) >= 11 is 0. The van der Waals surface area contributed by atoms with Crippen molar-refractivity contribution in [2.75, 3.05) is 11.9 Å². The third kappa shape index (κ3) is 6.58. The highest BCUT2D eigenvalue weighted by Gasteiger charge is 2.15. The van der Waals surface area contributed by atoms with E-state index in [4.69, 9.17) is 4.74 Å². The van der Waals surface area contributed by atoms with Crippen molar-refractivity contribution in [3.05, 3.63) is 65.7 Å². The quantitative estimate of drug-likeness (QED) is 0.699. The molecular weight excluding hydrogens is 344 g/mol. The summed E-state index contributed by atoms with van der Waals surface area (Å²) < 4.78 is 5.09. The van der Waals surface area contributed by atoms with E-state index in [9.17, 15) is 14.4 Å². The van der Waals surface area contributed by atoms with E-state index in [0.29, 0.717) is 11.3 Å². The lowest BCUT2D eigenvalue weighted by Crippen LogP contribution is -2.32. The van der Waals surface area contributed by atoms with E-state index in [2.05, 4.69) is 10.6 Å². The Balaban J connectivity index is 1.88. The first-order chi connectivity index (χ1) is 13.0. The summed E-state index contributed by atoms with van der Waals surface area (Å²) in [5.74, 6) is -1.13. The van der Waals surface area contributed by atoms with Crippen LogP contribution in [0.1, 0.15) is 48.7 Å². The first-order valence-electron chi connectivity index (χ1n) is 8.88. The number of anilines is 1. The van der Waals surface area contributed by atoms with Gasteiger partial charge in [0.25, 0.3) is 5.91 Å². The molecule has 0 aromatic heterocycles. The number of hydrogen-bond acceptors (Lipinski definition) is 4. The Morgan fingerprint density at radius 2 is 1.67 bits per heavy atom. The van der Waals surface area contributed by atoms with Gasteiger partial charge in [-0.15, -0.1) is 0 Å². The molecule has 27 heavy (non-hydrogen) atoms. The molecule has 142 valence electrons. The first-order valence-corrected chi connectivity index (χ1v) is 8.88. The summed E-state index contributed by atoms with van der Waals surface area (Å²) in [7, 11) is 0. The highest BCUT2D eigenvalue weighted by molar-refractivity contribution is 5.93. The van der Waals surface area contributed by atoms with Gasteiger partial charge < -0.3 is 15.4 Å². The number of carbonyl (C=O) groups excluding carboxylic acids is 3. The SMILES string of the molecule is CCCC(NC(=O)COC(=O)c1ccc(NC(C)=O)cc1)c1ccccc1. The van der Waals surface area contributed by atoms with Gasteiger partial charge in [0.1, 0.15) is 0 Å². The van der Waals surface area contributed by atoms with E-state index in [0.717, 1.165) is 18.4 Å². The van der Waals surface area contributed by atoms with Gasteiger partial charge >= 0.3 is 5.97 Å². The molecule has 2 aromatic carbocycles. The highest BCUT2D eigenvalue weighted by Crippen LogP contribution is 2.18. The van der Waals surface area contributed by atoms with Gasteiger partial charge in [0, 0.05) is 12.6 Å². The highest BCUT2D eigenvalue weighted by atomic mass is 16.5. The molecule has 2 rings (SSSR count). The molecule has 1 atom stereocenters. The molecule has 1 unspecified atom stereocenters. The van der Waals surface area contributed by atoms with Gasteiger partial charge in [0.15, 0.2) is 6.61 Å². The standard InChI is InChI=1S/C21H24N2O4/c1-3-7-19(16-8-5-4-6-9-16)23-20(25)14-27-21(26)17-10-12-18(13-11-17)22-15(2)24/h4-6,8-13,19H,3,7,14H2,1-2H3,(H,22,24)(H,23,25). The fourth-order valence-electron chi connectivity index (χ4n) is 2.64. The van der Waals surface area contributed by atoms with Crippen LogP contribution in [0.25, 0.3) is 0 Å². The minimum absolute atomic E-state index is 0.112. The zero-order chi connectivity index (χ0) is 19.6.